The van der Waals surface area contributed by atoms with Crippen LogP contribution in [-0.4, -0.2) is 40.8 Å². The van der Waals surface area contributed by atoms with Gasteiger partial charge in [0, 0.05) is 24.5 Å². The van der Waals surface area contributed by atoms with Gasteiger partial charge < -0.3 is 9.32 Å². The lowest BCUT2D eigenvalue weighted by Gasteiger charge is -2.25. The molecule has 1 amide bonds. The third-order valence-corrected chi connectivity index (χ3v) is 5.74. The van der Waals surface area contributed by atoms with E-state index in [1.807, 2.05) is 41.1 Å². The predicted octanol–water partition coefficient (Wildman–Crippen LogP) is 4.85. The van der Waals surface area contributed by atoms with Crippen molar-refractivity contribution >= 4 is 17.5 Å². The standard InChI is InChI=1S/C24H25ClFN3O2/c1-28(15-18-6-10-20(26)11-7-18)16-23(30)29-12-2-3-22(29)24-27-14-21(31-24)13-17-4-8-19(25)9-5-17/h4-11,14,22H,2-3,12-13,15-16H2,1H3/t22-/m0/s1. The Morgan fingerprint density at radius 2 is 1.90 bits per heavy atom. The normalized spacial score (nSPS) is 16.3. The van der Waals surface area contributed by atoms with Gasteiger partial charge in [0.2, 0.25) is 11.8 Å². The van der Waals surface area contributed by atoms with Gasteiger partial charge in [0.1, 0.15) is 17.6 Å². The molecule has 4 rings (SSSR count). The van der Waals surface area contributed by atoms with Gasteiger partial charge in [-0.1, -0.05) is 35.9 Å². The van der Waals surface area contributed by atoms with Crippen molar-refractivity contribution in [1.29, 1.82) is 0 Å². The van der Waals surface area contributed by atoms with E-state index in [4.69, 9.17) is 16.0 Å². The van der Waals surface area contributed by atoms with E-state index in [-0.39, 0.29) is 24.3 Å². The van der Waals surface area contributed by atoms with Gasteiger partial charge >= 0.3 is 0 Å². The van der Waals surface area contributed by atoms with Gasteiger partial charge in [0.05, 0.1) is 12.7 Å². The minimum atomic E-state index is -0.260. The lowest BCUT2D eigenvalue weighted by Crippen LogP contribution is -2.38. The highest BCUT2D eigenvalue weighted by Gasteiger charge is 2.33. The molecule has 2 aromatic carbocycles. The van der Waals surface area contributed by atoms with Gasteiger partial charge in [-0.25, -0.2) is 9.37 Å². The number of nitrogens with zero attached hydrogens (tertiary/aromatic N) is 3. The zero-order valence-corrected chi connectivity index (χ0v) is 18.2. The van der Waals surface area contributed by atoms with Gasteiger partial charge in [-0.15, -0.1) is 0 Å². The number of hydrogen-bond acceptors (Lipinski definition) is 4. The van der Waals surface area contributed by atoms with Crippen molar-refractivity contribution in [2.75, 3.05) is 20.1 Å². The SMILES string of the molecule is CN(CC(=O)N1CCC[C@H]1c1ncc(Cc2ccc(Cl)cc2)o1)Cc1ccc(F)cc1. The summed E-state index contributed by atoms with van der Waals surface area (Å²) in [4.78, 5) is 21.2. The number of benzene rings is 2. The number of hydrogen-bond donors (Lipinski definition) is 0. The Morgan fingerprint density at radius 3 is 2.65 bits per heavy atom. The molecule has 5 nitrogen and oxygen atoms in total. The number of amides is 1. The van der Waals surface area contributed by atoms with E-state index in [0.29, 0.717) is 30.4 Å². The molecule has 1 aliphatic heterocycles. The van der Waals surface area contributed by atoms with Gasteiger partial charge in [0.15, 0.2) is 0 Å². The second-order valence-corrected chi connectivity index (χ2v) is 8.45. The molecule has 0 radical (unpaired) electrons. The first kappa shape index (κ1) is 21.5. The summed E-state index contributed by atoms with van der Waals surface area (Å²) in [7, 11) is 1.89. The summed E-state index contributed by atoms with van der Waals surface area (Å²) in [5.74, 6) is 1.15. The van der Waals surface area contributed by atoms with E-state index in [1.54, 1.807) is 18.3 Å². The fourth-order valence-electron chi connectivity index (χ4n) is 3.96. The van der Waals surface area contributed by atoms with Gasteiger partial charge in [-0.05, 0) is 55.3 Å². The van der Waals surface area contributed by atoms with Crippen molar-refractivity contribution in [2.24, 2.45) is 0 Å². The number of halogens is 2. The Labute approximate surface area is 186 Å². The van der Waals surface area contributed by atoms with Crippen LogP contribution in [0.2, 0.25) is 5.02 Å². The maximum Gasteiger partial charge on any atom is 0.237 e. The van der Waals surface area contributed by atoms with Crippen molar-refractivity contribution in [3.05, 3.63) is 88.3 Å². The molecule has 1 atom stereocenters. The number of carbonyl (C=O) groups excluding carboxylic acids is 1. The molecule has 0 bridgehead atoms. The molecule has 0 saturated carbocycles. The number of aromatic nitrogens is 1. The predicted molar refractivity (Wildman–Crippen MR) is 117 cm³/mol. The lowest BCUT2D eigenvalue weighted by atomic mass is 10.1. The maximum atomic E-state index is 13.1. The third kappa shape index (κ3) is 5.51. The molecule has 1 aromatic heterocycles. The van der Waals surface area contributed by atoms with Crippen LogP contribution >= 0.6 is 11.6 Å². The van der Waals surface area contributed by atoms with Crippen LogP contribution in [0.1, 0.15) is 41.7 Å². The number of likely N-dealkylation sites (N-methyl/N-ethyl adjacent to an activating group) is 1. The average Bonchev–Trinajstić information content (AvgIpc) is 3.41. The monoisotopic (exact) mass is 441 g/mol. The van der Waals surface area contributed by atoms with Crippen molar-refractivity contribution < 1.29 is 13.6 Å². The van der Waals surface area contributed by atoms with Crippen LogP contribution in [0.3, 0.4) is 0 Å². The number of oxazole rings is 1. The fourth-order valence-corrected chi connectivity index (χ4v) is 4.09. The Kier molecular flexibility index (Phi) is 6.68. The van der Waals surface area contributed by atoms with Crippen LogP contribution in [0.5, 0.6) is 0 Å². The summed E-state index contributed by atoms with van der Waals surface area (Å²) in [6.07, 6.45) is 4.14. The number of carbonyl (C=O) groups is 1. The number of rotatable bonds is 7. The second kappa shape index (κ2) is 9.62. The largest absolute Gasteiger partial charge is 0.443 e. The van der Waals surface area contributed by atoms with Crippen molar-refractivity contribution in [3.63, 3.8) is 0 Å². The molecule has 1 aliphatic rings. The van der Waals surface area contributed by atoms with Gasteiger partial charge in [0.25, 0.3) is 0 Å². The van der Waals surface area contributed by atoms with Gasteiger partial charge in [-0.2, -0.15) is 0 Å². The highest BCUT2D eigenvalue weighted by Crippen LogP contribution is 2.32. The quantitative estimate of drug-likeness (QED) is 0.525. The average molecular weight is 442 g/mol. The zero-order valence-electron chi connectivity index (χ0n) is 17.4. The maximum absolute atomic E-state index is 13.1. The van der Waals surface area contributed by atoms with E-state index < -0.39 is 0 Å². The Bertz CT molecular complexity index is 1020. The van der Waals surface area contributed by atoms with E-state index in [0.717, 1.165) is 29.7 Å². The molecule has 0 unspecified atom stereocenters. The summed E-state index contributed by atoms with van der Waals surface area (Å²) in [5.41, 5.74) is 2.06. The zero-order chi connectivity index (χ0) is 21.8. The van der Waals surface area contributed by atoms with Crippen LogP contribution in [0.15, 0.2) is 59.1 Å². The summed E-state index contributed by atoms with van der Waals surface area (Å²) < 4.78 is 19.1. The molecule has 2 heterocycles. The molecule has 7 heteroatoms. The molecular formula is C24H25ClFN3O2. The molecule has 1 fully saturated rings. The van der Waals surface area contributed by atoms with Gasteiger partial charge in [-0.3, -0.25) is 9.69 Å². The molecule has 3 aromatic rings. The minimum Gasteiger partial charge on any atom is -0.443 e. The topological polar surface area (TPSA) is 49.6 Å². The minimum absolute atomic E-state index is 0.0459. The first-order valence-electron chi connectivity index (χ1n) is 10.4. The highest BCUT2D eigenvalue weighted by molar-refractivity contribution is 6.30. The molecular weight excluding hydrogens is 417 g/mol. The summed E-state index contributed by atoms with van der Waals surface area (Å²) in [6, 6.07) is 13.9. The van der Waals surface area contributed by atoms with Crippen LogP contribution in [-0.2, 0) is 17.8 Å². The molecule has 0 aliphatic carbocycles. The molecule has 31 heavy (non-hydrogen) atoms. The summed E-state index contributed by atoms with van der Waals surface area (Å²) in [6.45, 7) is 1.56. The van der Waals surface area contributed by atoms with E-state index in [2.05, 4.69) is 4.98 Å². The Balaban J connectivity index is 1.37. The summed E-state index contributed by atoms with van der Waals surface area (Å²) >= 11 is 5.95. The first-order valence-corrected chi connectivity index (χ1v) is 10.8. The molecule has 0 spiro atoms. The lowest BCUT2D eigenvalue weighted by molar-refractivity contribution is -0.133. The van der Waals surface area contributed by atoms with E-state index in [9.17, 15) is 9.18 Å². The van der Waals surface area contributed by atoms with Crippen molar-refractivity contribution in [3.8, 4) is 0 Å². The van der Waals surface area contributed by atoms with Crippen molar-refractivity contribution in [2.45, 2.75) is 31.8 Å². The smallest absolute Gasteiger partial charge is 0.237 e. The van der Waals surface area contributed by atoms with Crippen molar-refractivity contribution in [1.82, 2.24) is 14.8 Å². The van der Waals surface area contributed by atoms with Crippen LogP contribution < -0.4 is 0 Å². The highest BCUT2D eigenvalue weighted by atomic mass is 35.5. The Hall–Kier alpha value is -2.70. The van der Waals surface area contributed by atoms with Crippen LogP contribution in [0, 0.1) is 5.82 Å². The molecule has 1 saturated heterocycles. The fraction of sp³-hybridized carbons (Fsp3) is 0.333. The van der Waals surface area contributed by atoms with Crippen LogP contribution in [0.25, 0.3) is 0 Å². The second-order valence-electron chi connectivity index (χ2n) is 8.01. The summed E-state index contributed by atoms with van der Waals surface area (Å²) in [5, 5.41) is 0.700. The van der Waals surface area contributed by atoms with Crippen LogP contribution in [0.4, 0.5) is 4.39 Å². The van der Waals surface area contributed by atoms with E-state index >= 15 is 0 Å². The van der Waals surface area contributed by atoms with E-state index in [1.165, 1.54) is 12.1 Å². The number of likely N-dealkylation sites (tertiary alicyclic amines) is 1. The first-order chi connectivity index (χ1) is 15.0. The third-order valence-electron chi connectivity index (χ3n) is 5.49. The molecule has 0 N–H and O–H groups in total. The Morgan fingerprint density at radius 1 is 1.19 bits per heavy atom. The molecule has 162 valence electrons.